The molecule has 5 heteroatoms. The van der Waals surface area contributed by atoms with E-state index in [1.54, 1.807) is 18.2 Å². The number of ether oxygens (including phenoxy) is 1. The fraction of sp³-hybridized carbons (Fsp3) is 0.100. The number of rotatable bonds is 2. The summed E-state index contributed by atoms with van der Waals surface area (Å²) in [6.07, 6.45) is 5.32. The van der Waals surface area contributed by atoms with Gasteiger partial charge in [0.05, 0.1) is 0 Å². The van der Waals surface area contributed by atoms with Crippen molar-refractivity contribution in [3.63, 3.8) is 0 Å². The Kier molecular flexibility index (Phi) is 2.45. The van der Waals surface area contributed by atoms with Crippen molar-refractivity contribution in [2.24, 2.45) is 4.99 Å². The Hall–Kier alpha value is -2.17. The molecule has 1 aromatic heterocycles. The molecule has 2 heterocycles. The number of carbonyl (C=O) groups is 1. The van der Waals surface area contributed by atoms with E-state index in [1.165, 1.54) is 18.5 Å². The zero-order valence-electron chi connectivity index (χ0n) is 7.71. The predicted molar refractivity (Wildman–Crippen MR) is 54.1 cm³/mol. The Morgan fingerprint density at radius 1 is 1.40 bits per heavy atom. The summed E-state index contributed by atoms with van der Waals surface area (Å²) < 4.78 is 5.28. The monoisotopic (exact) mass is 204 g/mol. The van der Waals surface area contributed by atoms with E-state index in [9.17, 15) is 9.59 Å². The second-order valence-electron chi connectivity index (χ2n) is 2.93. The smallest absolute Gasteiger partial charge is 0.290 e. The van der Waals surface area contributed by atoms with E-state index in [-0.39, 0.29) is 11.5 Å². The average Bonchev–Trinajstić information content (AvgIpc) is 2.22. The lowest BCUT2D eigenvalue weighted by atomic mass is 10.2. The van der Waals surface area contributed by atoms with Gasteiger partial charge in [-0.15, -0.1) is 0 Å². The number of dihydropyridines is 1. The minimum absolute atomic E-state index is 0.275. The molecule has 0 radical (unpaired) electrons. The largest absolute Gasteiger partial charge is 0.476 e. The zero-order valence-corrected chi connectivity index (χ0v) is 7.71. The van der Waals surface area contributed by atoms with E-state index in [4.69, 9.17) is 4.74 Å². The van der Waals surface area contributed by atoms with E-state index in [0.717, 1.165) is 0 Å². The number of H-pyrrole nitrogens is 1. The van der Waals surface area contributed by atoms with Crippen LogP contribution < -0.4 is 10.3 Å². The van der Waals surface area contributed by atoms with E-state index in [2.05, 4.69) is 9.98 Å². The lowest BCUT2D eigenvalue weighted by Crippen LogP contribution is -2.25. The van der Waals surface area contributed by atoms with Crippen molar-refractivity contribution in [3.8, 4) is 5.75 Å². The van der Waals surface area contributed by atoms with Gasteiger partial charge in [-0.3, -0.25) is 9.59 Å². The Morgan fingerprint density at radius 2 is 2.27 bits per heavy atom. The second kappa shape index (κ2) is 3.91. The maximum atomic E-state index is 11.2. The number of carbonyl (C=O) groups excluding carboxylic acids is 1. The Balaban J connectivity index is 2.15. The van der Waals surface area contributed by atoms with Crippen LogP contribution in [0.5, 0.6) is 5.75 Å². The summed E-state index contributed by atoms with van der Waals surface area (Å²) in [4.78, 5) is 28.2. The molecule has 0 saturated carbocycles. The Labute approximate surface area is 85.1 Å². The fourth-order valence-corrected chi connectivity index (χ4v) is 1.16. The lowest BCUT2D eigenvalue weighted by Gasteiger charge is -2.13. The van der Waals surface area contributed by atoms with Gasteiger partial charge in [-0.1, -0.05) is 0 Å². The van der Waals surface area contributed by atoms with Crippen molar-refractivity contribution in [1.29, 1.82) is 0 Å². The van der Waals surface area contributed by atoms with Crippen LogP contribution in [0.25, 0.3) is 0 Å². The summed E-state index contributed by atoms with van der Waals surface area (Å²) in [5, 5.41) is 0. The van der Waals surface area contributed by atoms with Gasteiger partial charge in [0.2, 0.25) is 0 Å². The van der Waals surface area contributed by atoms with Crippen LogP contribution in [0.15, 0.2) is 40.3 Å². The number of amides is 1. The molecule has 2 rings (SSSR count). The molecule has 5 nitrogen and oxygen atoms in total. The van der Waals surface area contributed by atoms with Crippen molar-refractivity contribution in [2.75, 3.05) is 0 Å². The van der Waals surface area contributed by atoms with Crippen molar-refractivity contribution in [3.05, 3.63) is 40.8 Å². The minimum Gasteiger partial charge on any atom is -0.476 e. The van der Waals surface area contributed by atoms with Gasteiger partial charge in [0.1, 0.15) is 5.75 Å². The van der Waals surface area contributed by atoms with Crippen LogP contribution >= 0.6 is 0 Å². The number of nitrogens with zero attached hydrogens (tertiary/aromatic N) is 1. The number of aliphatic imine (C=N–C) groups is 1. The Morgan fingerprint density at radius 3 is 3.00 bits per heavy atom. The third kappa shape index (κ3) is 2.19. The average molecular weight is 204 g/mol. The summed E-state index contributed by atoms with van der Waals surface area (Å²) in [5.74, 6) is -0.0309. The molecule has 0 aliphatic carbocycles. The first kappa shape index (κ1) is 9.39. The fourth-order valence-electron chi connectivity index (χ4n) is 1.16. The number of aromatic amines is 1. The van der Waals surface area contributed by atoms with Gasteiger partial charge in [0.15, 0.2) is 6.10 Å². The quantitative estimate of drug-likeness (QED) is 0.752. The molecule has 0 aromatic carbocycles. The second-order valence-corrected chi connectivity index (χ2v) is 2.93. The maximum absolute atomic E-state index is 11.2. The molecule has 1 aliphatic heterocycles. The minimum atomic E-state index is -0.739. The van der Waals surface area contributed by atoms with Gasteiger partial charge in [-0.05, 0) is 18.2 Å². The van der Waals surface area contributed by atoms with Crippen LogP contribution in [0.2, 0.25) is 0 Å². The van der Waals surface area contributed by atoms with Gasteiger partial charge < -0.3 is 9.72 Å². The molecule has 0 spiro atoms. The molecule has 1 aliphatic rings. The number of nitrogens with one attached hydrogen (secondary N) is 1. The summed E-state index contributed by atoms with van der Waals surface area (Å²) in [6.45, 7) is 0. The van der Waals surface area contributed by atoms with Gasteiger partial charge in [0.25, 0.3) is 11.5 Å². The van der Waals surface area contributed by atoms with Crippen molar-refractivity contribution in [1.82, 2.24) is 4.98 Å². The van der Waals surface area contributed by atoms with Gasteiger partial charge in [-0.2, -0.15) is 0 Å². The molecular weight excluding hydrogens is 196 g/mol. The summed E-state index contributed by atoms with van der Waals surface area (Å²) in [5.41, 5.74) is -0.275. The topological polar surface area (TPSA) is 71.5 Å². The summed E-state index contributed by atoms with van der Waals surface area (Å²) in [7, 11) is 0. The van der Waals surface area contributed by atoms with Crippen LogP contribution in [-0.4, -0.2) is 23.2 Å². The van der Waals surface area contributed by atoms with Crippen LogP contribution in [0, 0.1) is 0 Å². The third-order valence-electron chi connectivity index (χ3n) is 1.83. The SMILES string of the molecule is O=C1N=CC=CC1Oc1cc[nH]c(=O)c1. The zero-order chi connectivity index (χ0) is 10.7. The highest BCUT2D eigenvalue weighted by molar-refractivity contribution is 5.96. The number of aromatic nitrogens is 1. The molecule has 1 atom stereocenters. The van der Waals surface area contributed by atoms with Gasteiger partial charge >= 0.3 is 0 Å². The van der Waals surface area contributed by atoms with Crippen LogP contribution in [0.4, 0.5) is 0 Å². The van der Waals surface area contributed by atoms with Gasteiger partial charge in [-0.25, -0.2) is 4.99 Å². The number of hydrogen-bond acceptors (Lipinski definition) is 3. The van der Waals surface area contributed by atoms with E-state index < -0.39 is 6.10 Å². The standard InChI is InChI=1S/C10H8N2O3/c13-9-6-7(3-5-11-9)15-8-2-1-4-12-10(8)14/h1-6,8H,(H,11,13). The highest BCUT2D eigenvalue weighted by Crippen LogP contribution is 2.10. The number of allylic oxidation sites excluding steroid dienone is 1. The van der Waals surface area contributed by atoms with E-state index >= 15 is 0 Å². The molecule has 0 fully saturated rings. The molecule has 0 bridgehead atoms. The summed E-state index contributed by atoms with van der Waals surface area (Å²) >= 11 is 0. The van der Waals surface area contributed by atoms with E-state index in [0.29, 0.717) is 5.75 Å². The number of hydrogen-bond donors (Lipinski definition) is 1. The first-order valence-corrected chi connectivity index (χ1v) is 4.36. The molecular formula is C10H8N2O3. The molecule has 1 amide bonds. The number of pyridine rings is 1. The van der Waals surface area contributed by atoms with Gasteiger partial charge in [0, 0.05) is 18.5 Å². The van der Waals surface area contributed by atoms with Crippen LogP contribution in [0.1, 0.15) is 0 Å². The molecule has 1 N–H and O–H groups in total. The molecule has 1 unspecified atom stereocenters. The highest BCUT2D eigenvalue weighted by atomic mass is 16.5. The van der Waals surface area contributed by atoms with Crippen LogP contribution in [0.3, 0.4) is 0 Å². The maximum Gasteiger partial charge on any atom is 0.290 e. The first-order chi connectivity index (χ1) is 7.25. The first-order valence-electron chi connectivity index (χ1n) is 4.36. The molecule has 0 saturated heterocycles. The predicted octanol–water partition coefficient (Wildman–Crippen LogP) is 0.289. The normalized spacial score (nSPS) is 19.2. The lowest BCUT2D eigenvalue weighted by molar-refractivity contribution is -0.122. The van der Waals surface area contributed by atoms with Crippen molar-refractivity contribution < 1.29 is 9.53 Å². The molecule has 76 valence electrons. The highest BCUT2D eigenvalue weighted by Gasteiger charge is 2.17. The van der Waals surface area contributed by atoms with Crippen molar-refractivity contribution >= 4 is 12.1 Å². The van der Waals surface area contributed by atoms with E-state index in [1.807, 2.05) is 0 Å². The Bertz CT molecular complexity index is 487. The third-order valence-corrected chi connectivity index (χ3v) is 1.83. The summed E-state index contributed by atoms with van der Waals surface area (Å²) in [6, 6.07) is 2.85. The molecule has 15 heavy (non-hydrogen) atoms. The van der Waals surface area contributed by atoms with Crippen molar-refractivity contribution in [2.45, 2.75) is 6.10 Å². The molecule has 1 aromatic rings. The van der Waals surface area contributed by atoms with Crippen LogP contribution in [-0.2, 0) is 4.79 Å².